The first-order chi connectivity index (χ1) is 13.8. The second-order valence-electron chi connectivity index (χ2n) is 7.38. The highest BCUT2D eigenvalue weighted by atomic mass is 35.5. The van der Waals surface area contributed by atoms with Crippen molar-refractivity contribution < 1.29 is 14.3 Å². The summed E-state index contributed by atoms with van der Waals surface area (Å²) in [5, 5.41) is 0.235. The number of thioether (sulfide) groups is 1. The number of amides is 1. The van der Waals surface area contributed by atoms with Gasteiger partial charge in [0, 0.05) is 29.9 Å². The van der Waals surface area contributed by atoms with Gasteiger partial charge in [0.1, 0.15) is 0 Å². The second kappa shape index (κ2) is 9.20. The fourth-order valence-corrected chi connectivity index (χ4v) is 4.82. The van der Waals surface area contributed by atoms with Crippen LogP contribution in [0.3, 0.4) is 0 Å². The van der Waals surface area contributed by atoms with Crippen molar-refractivity contribution in [3.8, 4) is 0 Å². The molecule has 29 heavy (non-hydrogen) atoms. The molecule has 0 N–H and O–H groups in total. The Labute approximate surface area is 181 Å². The molecule has 1 aliphatic heterocycles. The number of aryl methyl sites for hydroxylation is 1. The Morgan fingerprint density at radius 1 is 1.21 bits per heavy atom. The molecule has 0 fully saturated rings. The molecule has 5 nitrogen and oxygen atoms in total. The van der Waals surface area contributed by atoms with Crippen molar-refractivity contribution in [2.45, 2.75) is 30.1 Å². The summed E-state index contributed by atoms with van der Waals surface area (Å²) in [7, 11) is 3.91. The zero-order chi connectivity index (χ0) is 21.1. The standard InChI is InChI=1S/C22H25ClN2O3S/c1-14-5-7-16(8-6-14)21-20(28-15(2)26)22(27)25(12-11-24(3)4)18-10-9-17(23)13-19(18)29-21/h5-10,13,20-21H,11-12H2,1-4H3/t20?,21-/m0/s1. The lowest BCUT2D eigenvalue weighted by molar-refractivity contribution is -0.152. The van der Waals surface area contributed by atoms with Crippen LogP contribution in [0.2, 0.25) is 5.02 Å². The van der Waals surface area contributed by atoms with Crippen LogP contribution in [0.5, 0.6) is 0 Å². The molecule has 0 aliphatic carbocycles. The quantitative estimate of drug-likeness (QED) is 0.658. The van der Waals surface area contributed by atoms with E-state index in [0.29, 0.717) is 18.1 Å². The van der Waals surface area contributed by atoms with Crippen molar-refractivity contribution >= 4 is 40.9 Å². The lowest BCUT2D eigenvalue weighted by atomic mass is 10.0. The number of fused-ring (bicyclic) bond motifs is 1. The zero-order valence-corrected chi connectivity index (χ0v) is 18.6. The summed E-state index contributed by atoms with van der Waals surface area (Å²) < 4.78 is 5.58. The van der Waals surface area contributed by atoms with Crippen molar-refractivity contribution in [2.75, 3.05) is 32.1 Å². The number of halogens is 1. The monoisotopic (exact) mass is 432 g/mol. The Hall–Kier alpha value is -2.02. The normalized spacial score (nSPS) is 19.1. The minimum absolute atomic E-state index is 0.221. The van der Waals surface area contributed by atoms with Crippen molar-refractivity contribution in [3.63, 3.8) is 0 Å². The van der Waals surface area contributed by atoms with Crippen LogP contribution < -0.4 is 4.90 Å². The average Bonchev–Trinajstić information content (AvgIpc) is 2.76. The summed E-state index contributed by atoms with van der Waals surface area (Å²) in [4.78, 5) is 30.1. The summed E-state index contributed by atoms with van der Waals surface area (Å²) in [6.45, 7) is 4.51. The van der Waals surface area contributed by atoms with Crippen molar-refractivity contribution in [2.24, 2.45) is 0 Å². The first-order valence-corrected chi connectivity index (χ1v) is 10.7. The fourth-order valence-electron chi connectivity index (χ4n) is 3.23. The summed E-state index contributed by atoms with van der Waals surface area (Å²) in [5.74, 6) is -0.696. The Morgan fingerprint density at radius 3 is 2.52 bits per heavy atom. The molecule has 0 saturated heterocycles. The molecular weight excluding hydrogens is 408 g/mol. The van der Waals surface area contributed by atoms with Crippen LogP contribution in [0.4, 0.5) is 5.69 Å². The number of nitrogens with zero attached hydrogens (tertiary/aromatic N) is 2. The molecule has 1 heterocycles. The third-order valence-electron chi connectivity index (χ3n) is 4.72. The van der Waals surface area contributed by atoms with Crippen molar-refractivity contribution in [1.82, 2.24) is 4.90 Å². The lowest BCUT2D eigenvalue weighted by Crippen LogP contribution is -2.45. The Bertz CT molecular complexity index is 901. The summed E-state index contributed by atoms with van der Waals surface area (Å²) in [6.07, 6.45) is -0.923. The number of ether oxygens (including phenoxy) is 1. The molecule has 1 amide bonds. The van der Waals surface area contributed by atoms with Crippen LogP contribution in [0, 0.1) is 6.92 Å². The Morgan fingerprint density at radius 2 is 1.90 bits per heavy atom. The van der Waals surface area contributed by atoms with Crippen LogP contribution in [0.15, 0.2) is 47.4 Å². The topological polar surface area (TPSA) is 49.9 Å². The largest absolute Gasteiger partial charge is 0.451 e. The molecule has 1 aliphatic rings. The van der Waals surface area contributed by atoms with Gasteiger partial charge in [-0.1, -0.05) is 41.4 Å². The molecule has 0 spiro atoms. The van der Waals surface area contributed by atoms with E-state index in [-0.39, 0.29) is 11.2 Å². The molecule has 2 atom stereocenters. The van der Waals surface area contributed by atoms with E-state index in [1.54, 1.807) is 11.0 Å². The van der Waals surface area contributed by atoms with Gasteiger partial charge in [0.2, 0.25) is 0 Å². The maximum Gasteiger partial charge on any atom is 0.303 e. The highest BCUT2D eigenvalue weighted by Gasteiger charge is 2.40. The van der Waals surface area contributed by atoms with Crippen LogP contribution in [0.1, 0.15) is 23.3 Å². The van der Waals surface area contributed by atoms with E-state index in [0.717, 1.165) is 21.7 Å². The molecule has 0 bridgehead atoms. The van der Waals surface area contributed by atoms with Gasteiger partial charge in [-0.15, -0.1) is 11.8 Å². The number of rotatable bonds is 5. The highest BCUT2D eigenvalue weighted by molar-refractivity contribution is 7.99. The number of likely N-dealkylation sites (N-methyl/N-ethyl adjacent to an activating group) is 1. The van der Waals surface area contributed by atoms with Crippen molar-refractivity contribution in [1.29, 1.82) is 0 Å². The van der Waals surface area contributed by atoms with Gasteiger partial charge in [-0.3, -0.25) is 9.59 Å². The maximum absolute atomic E-state index is 13.6. The van der Waals surface area contributed by atoms with Gasteiger partial charge in [0.15, 0.2) is 6.10 Å². The summed E-state index contributed by atoms with van der Waals surface area (Å²) in [6, 6.07) is 13.5. The SMILES string of the molecule is CC(=O)OC1C(=O)N(CCN(C)C)c2ccc(Cl)cc2S[C@H]1c1ccc(C)cc1. The minimum Gasteiger partial charge on any atom is -0.451 e. The van der Waals surface area contributed by atoms with Crippen LogP contribution >= 0.6 is 23.4 Å². The molecule has 154 valence electrons. The van der Waals surface area contributed by atoms with Crippen LogP contribution in [-0.4, -0.2) is 50.1 Å². The van der Waals surface area contributed by atoms with Crippen molar-refractivity contribution in [3.05, 3.63) is 58.6 Å². The third kappa shape index (κ3) is 5.13. The molecule has 1 unspecified atom stereocenters. The lowest BCUT2D eigenvalue weighted by Gasteiger charge is -2.28. The molecule has 0 aromatic heterocycles. The van der Waals surface area contributed by atoms with Gasteiger partial charge in [-0.05, 0) is 44.8 Å². The molecule has 2 aromatic carbocycles. The first kappa shape index (κ1) is 21.7. The summed E-state index contributed by atoms with van der Waals surface area (Å²) >= 11 is 7.77. The Balaban J connectivity index is 2.10. The number of hydrogen-bond acceptors (Lipinski definition) is 5. The molecule has 0 radical (unpaired) electrons. The zero-order valence-electron chi connectivity index (χ0n) is 17.0. The van der Waals surface area contributed by atoms with Gasteiger partial charge >= 0.3 is 5.97 Å². The molecular formula is C22H25ClN2O3S. The first-order valence-electron chi connectivity index (χ1n) is 9.42. The highest BCUT2D eigenvalue weighted by Crippen LogP contribution is 2.47. The van der Waals surface area contributed by atoms with Gasteiger partial charge < -0.3 is 14.5 Å². The predicted octanol–water partition coefficient (Wildman–Crippen LogP) is 4.32. The van der Waals surface area contributed by atoms with E-state index in [4.69, 9.17) is 16.3 Å². The predicted molar refractivity (Wildman–Crippen MR) is 118 cm³/mol. The number of hydrogen-bond donors (Lipinski definition) is 0. The van der Waals surface area contributed by atoms with E-state index >= 15 is 0 Å². The molecule has 2 aromatic rings. The fraction of sp³-hybridized carbons (Fsp3) is 0.364. The minimum atomic E-state index is -0.923. The average molecular weight is 433 g/mol. The van der Waals surface area contributed by atoms with E-state index in [9.17, 15) is 9.59 Å². The van der Waals surface area contributed by atoms with E-state index in [1.807, 2.05) is 62.3 Å². The molecule has 7 heteroatoms. The van der Waals surface area contributed by atoms with E-state index < -0.39 is 12.1 Å². The number of carbonyl (C=O) groups is 2. The van der Waals surface area contributed by atoms with Crippen LogP contribution in [-0.2, 0) is 14.3 Å². The molecule has 0 saturated carbocycles. The van der Waals surface area contributed by atoms with E-state index in [2.05, 4.69) is 0 Å². The van der Waals surface area contributed by atoms with E-state index in [1.165, 1.54) is 18.7 Å². The van der Waals surface area contributed by atoms with Crippen LogP contribution in [0.25, 0.3) is 0 Å². The summed E-state index contributed by atoms with van der Waals surface area (Å²) in [5.41, 5.74) is 2.84. The number of benzene rings is 2. The second-order valence-corrected chi connectivity index (χ2v) is 9.00. The smallest absolute Gasteiger partial charge is 0.303 e. The Kier molecular flexibility index (Phi) is 6.88. The molecule has 3 rings (SSSR count). The number of carbonyl (C=O) groups excluding carboxylic acids is 2. The van der Waals surface area contributed by atoms with Gasteiger partial charge in [-0.2, -0.15) is 0 Å². The number of esters is 1. The maximum atomic E-state index is 13.6. The van der Waals surface area contributed by atoms with Gasteiger partial charge in [0.25, 0.3) is 5.91 Å². The number of anilines is 1. The van der Waals surface area contributed by atoms with Gasteiger partial charge in [0.05, 0.1) is 10.9 Å². The van der Waals surface area contributed by atoms with Gasteiger partial charge in [-0.25, -0.2) is 0 Å². The third-order valence-corrected chi connectivity index (χ3v) is 6.31.